The van der Waals surface area contributed by atoms with Gasteiger partial charge in [0.05, 0.1) is 0 Å². The quantitative estimate of drug-likeness (QED) is 0.483. The predicted molar refractivity (Wildman–Crippen MR) is 24.8 cm³/mol. The second kappa shape index (κ2) is 2.01. The summed E-state index contributed by atoms with van der Waals surface area (Å²) in [5, 5.41) is 0. The molecule has 0 aromatic heterocycles. The zero-order chi connectivity index (χ0) is 5.21. The van der Waals surface area contributed by atoms with Gasteiger partial charge in [0, 0.05) is 9.47 Å². The molecule has 0 fully saturated rings. The van der Waals surface area contributed by atoms with Crippen LogP contribution in [0.3, 0.4) is 0 Å². The molecule has 2 unspecified atom stereocenters. The lowest BCUT2D eigenvalue weighted by atomic mass is 13.9. The summed E-state index contributed by atoms with van der Waals surface area (Å²) in [5.74, 6) is 0. The smallest absolute Gasteiger partial charge is 0.312 e. The van der Waals surface area contributed by atoms with Crippen LogP contribution in [-0.4, -0.2) is 4.89 Å². The minimum Gasteiger partial charge on any atom is -0.312 e. The van der Waals surface area contributed by atoms with Gasteiger partial charge >= 0.3 is 7.75 Å². The Bertz CT molecular complexity index is 72.9. The molecule has 0 spiro atoms. The lowest BCUT2D eigenvalue weighted by Crippen LogP contribution is -1.89. The van der Waals surface area contributed by atoms with Crippen molar-refractivity contribution in [2.45, 2.75) is 0 Å². The molecule has 0 heterocycles. The second-order valence-electron chi connectivity index (χ2n) is 0.670. The van der Waals surface area contributed by atoms with Gasteiger partial charge < -0.3 is 4.89 Å². The highest BCUT2D eigenvalue weighted by Gasteiger charge is 2.04. The zero-order valence-electron chi connectivity index (χ0n) is 2.87. The molecule has 6 heavy (non-hydrogen) atoms. The largest absolute Gasteiger partial charge is 0.402 e. The van der Waals surface area contributed by atoms with E-state index in [-0.39, 0.29) is 0 Å². The third-order valence-corrected chi connectivity index (χ3v) is 1.36. The maximum absolute atomic E-state index is 9.67. The molecule has 0 aliphatic carbocycles. The van der Waals surface area contributed by atoms with E-state index in [0.717, 1.165) is 0 Å². The molecule has 0 rings (SSSR count). The normalized spacial score (nSPS) is 19.8. The van der Waals surface area contributed by atoms with Gasteiger partial charge in [0.2, 0.25) is 0 Å². The van der Waals surface area contributed by atoms with Crippen LogP contribution >= 0.6 is 17.2 Å². The van der Waals surface area contributed by atoms with Gasteiger partial charge in [-0.3, -0.25) is 4.31 Å². The van der Waals surface area contributed by atoms with Crippen LogP contribution in [0.15, 0.2) is 0 Å². The van der Waals surface area contributed by atoms with Crippen molar-refractivity contribution < 1.29 is 13.8 Å². The van der Waals surface area contributed by atoms with E-state index in [1.54, 1.807) is 9.47 Å². The van der Waals surface area contributed by atoms with Gasteiger partial charge in [-0.2, -0.15) is 0 Å². The Hall–Kier alpha value is 0.540. The van der Waals surface area contributed by atoms with Crippen molar-refractivity contribution in [2.75, 3.05) is 0 Å². The fourth-order valence-corrected chi connectivity index (χ4v) is 0. The van der Waals surface area contributed by atoms with Crippen LogP contribution in [0.5, 0.6) is 0 Å². The molecule has 0 amide bonds. The van der Waals surface area contributed by atoms with Crippen LogP contribution in [0.2, 0.25) is 0 Å². The highest BCUT2D eigenvalue weighted by molar-refractivity contribution is 7.54. The van der Waals surface area contributed by atoms with E-state index in [9.17, 15) is 4.57 Å². The highest BCUT2D eigenvalue weighted by atomic mass is 31.2. The molecule has 0 aromatic carbocycles. The first-order chi connectivity index (χ1) is 2.56. The molecular weight excluding hydrogens is 124 g/mol. The first-order valence-corrected chi connectivity index (χ1v) is 3.18. The number of hydrogen-bond donors (Lipinski definition) is 2. The van der Waals surface area contributed by atoms with Gasteiger partial charge in [0.15, 0.2) is 0 Å². The molecule has 0 aliphatic rings. The Morgan fingerprint density at radius 3 is 2.17 bits per heavy atom. The van der Waals surface area contributed by atoms with Crippen LogP contribution < -0.4 is 5.50 Å². The molecule has 0 aliphatic heterocycles. The predicted octanol–water partition coefficient (Wildman–Crippen LogP) is -0.148. The van der Waals surface area contributed by atoms with Crippen molar-refractivity contribution in [1.82, 2.24) is 0 Å². The molecule has 0 radical (unpaired) electrons. The van der Waals surface area contributed by atoms with Gasteiger partial charge in [0.1, 0.15) is 0 Å². The summed E-state index contributed by atoms with van der Waals surface area (Å²) in [7, 11) is -2.10. The fraction of sp³-hybridized carbons (Fsp3) is 0. The van der Waals surface area contributed by atoms with Gasteiger partial charge in [-0.05, 0) is 0 Å². The standard InChI is InChI=1S/H5NO3P2/c1-6(2,3)4-5/h5H2,(H3,1,2,3). The Morgan fingerprint density at radius 1 is 2.00 bits per heavy atom. The monoisotopic (exact) mass is 129 g/mol. The van der Waals surface area contributed by atoms with E-state index in [4.69, 9.17) is 4.89 Å². The molecule has 3 N–H and O–H groups in total. The molecule has 0 aromatic rings. The van der Waals surface area contributed by atoms with Crippen molar-refractivity contribution in [3.05, 3.63) is 0 Å². The summed E-state index contributed by atoms with van der Waals surface area (Å²) in [6.07, 6.45) is 0. The number of hydrogen-bond acceptors (Lipinski definition) is 2. The first-order valence-electron chi connectivity index (χ1n) is 1.06. The molecular formula is H5NO3P2. The van der Waals surface area contributed by atoms with E-state index in [0.29, 0.717) is 0 Å². The first kappa shape index (κ1) is 6.54. The van der Waals surface area contributed by atoms with Crippen LogP contribution in [-0.2, 0) is 8.88 Å². The molecule has 0 bridgehead atoms. The molecule has 38 valence electrons. The van der Waals surface area contributed by atoms with E-state index in [1.807, 2.05) is 0 Å². The Labute approximate surface area is 37.6 Å². The summed E-state index contributed by atoms with van der Waals surface area (Å²) in [4.78, 5) is 7.92. The maximum Gasteiger partial charge on any atom is 0.402 e. The van der Waals surface area contributed by atoms with Crippen LogP contribution in [0.25, 0.3) is 0 Å². The summed E-state index contributed by atoms with van der Waals surface area (Å²) < 4.78 is 13.4. The molecule has 0 saturated heterocycles. The second-order valence-corrected chi connectivity index (χ2v) is 2.64. The van der Waals surface area contributed by atoms with Crippen LogP contribution in [0.1, 0.15) is 0 Å². The lowest BCUT2D eigenvalue weighted by molar-refractivity contribution is 0.402. The third kappa shape index (κ3) is 4.54. The van der Waals surface area contributed by atoms with Crippen molar-refractivity contribution in [2.24, 2.45) is 5.50 Å². The maximum atomic E-state index is 9.67. The van der Waals surface area contributed by atoms with Crippen molar-refractivity contribution in [3.63, 3.8) is 0 Å². The van der Waals surface area contributed by atoms with Crippen molar-refractivity contribution in [1.29, 1.82) is 0 Å². The summed E-state index contributed by atoms with van der Waals surface area (Å²) >= 11 is 0. The Balaban J connectivity index is 3.48. The highest BCUT2D eigenvalue weighted by Crippen LogP contribution is 2.33. The topological polar surface area (TPSA) is 72.6 Å². The van der Waals surface area contributed by atoms with E-state index < -0.39 is 7.75 Å². The van der Waals surface area contributed by atoms with Crippen molar-refractivity contribution >= 4 is 17.2 Å². The molecule has 2 atom stereocenters. The number of rotatable bonds is 1. The number of nitrogens with two attached hydrogens (primary N) is 1. The van der Waals surface area contributed by atoms with Crippen molar-refractivity contribution in [3.8, 4) is 0 Å². The summed E-state index contributed by atoms with van der Waals surface area (Å²) in [6.45, 7) is 0. The minimum atomic E-state index is -3.68. The van der Waals surface area contributed by atoms with Gasteiger partial charge in [-0.25, -0.2) is 10.1 Å². The molecule has 6 heteroatoms. The average molecular weight is 129 g/mol. The summed E-state index contributed by atoms with van der Waals surface area (Å²) in [5.41, 5.74) is 4.40. The van der Waals surface area contributed by atoms with Gasteiger partial charge in [-0.15, -0.1) is 0 Å². The van der Waals surface area contributed by atoms with E-state index >= 15 is 0 Å². The van der Waals surface area contributed by atoms with E-state index in [1.165, 1.54) is 0 Å². The zero-order valence-corrected chi connectivity index (χ0v) is 4.91. The molecule has 0 saturated carbocycles. The summed E-state index contributed by atoms with van der Waals surface area (Å²) in [6, 6.07) is 0. The van der Waals surface area contributed by atoms with E-state index in [2.05, 4.69) is 9.81 Å². The van der Waals surface area contributed by atoms with Crippen LogP contribution in [0, 0.1) is 0 Å². The average Bonchev–Trinajstić information content (AvgIpc) is 1.35. The molecule has 4 nitrogen and oxygen atoms in total. The fourth-order valence-electron chi connectivity index (χ4n) is 0. The van der Waals surface area contributed by atoms with Gasteiger partial charge in [-0.1, -0.05) is 0 Å². The Morgan fingerprint density at radius 2 is 2.17 bits per heavy atom. The lowest BCUT2D eigenvalue weighted by Gasteiger charge is -1.95. The van der Waals surface area contributed by atoms with Crippen LogP contribution in [0.4, 0.5) is 0 Å². The minimum absolute atomic E-state index is 1.59. The third-order valence-electron chi connectivity index (χ3n) is 0.151. The Kier molecular flexibility index (Phi) is 2.19. The SMILES string of the molecule is NP(=O)(O)OP. The van der Waals surface area contributed by atoms with Gasteiger partial charge in [0.25, 0.3) is 0 Å².